The molecule has 0 saturated heterocycles. The Morgan fingerprint density at radius 1 is 0.892 bits per heavy atom. The molecule has 1 heterocycles. The van der Waals surface area contributed by atoms with Crippen molar-refractivity contribution in [3.05, 3.63) is 101 Å². The van der Waals surface area contributed by atoms with Gasteiger partial charge in [0.25, 0.3) is 5.91 Å². The Bertz CT molecular complexity index is 1710. The van der Waals surface area contributed by atoms with Crippen molar-refractivity contribution >= 4 is 49.6 Å². The standard InChI is InChI=1S/C30H26N4O2S/c1-17-11-16-26-28(19(17)3)37-30(32-26)21-12-14-22(15-13-21)33-34-27(20(4)35)29(36)31-25-10-6-8-23-18(2)7-5-9-24(23)25/h5-16,35H,1-4H3,(H,31,36)/b27-20+,34-33?. The van der Waals surface area contributed by atoms with Crippen molar-refractivity contribution in [2.24, 2.45) is 10.2 Å². The zero-order valence-corrected chi connectivity index (χ0v) is 21.9. The first-order valence-electron chi connectivity index (χ1n) is 11.9. The number of amides is 1. The van der Waals surface area contributed by atoms with Crippen LogP contribution in [0, 0.1) is 20.8 Å². The van der Waals surface area contributed by atoms with Crippen LogP contribution in [0.25, 0.3) is 31.6 Å². The van der Waals surface area contributed by atoms with E-state index in [1.165, 1.54) is 22.8 Å². The first-order chi connectivity index (χ1) is 17.8. The van der Waals surface area contributed by atoms with Crippen molar-refractivity contribution in [3.63, 3.8) is 0 Å². The van der Waals surface area contributed by atoms with E-state index in [-0.39, 0.29) is 11.5 Å². The van der Waals surface area contributed by atoms with Gasteiger partial charge in [0, 0.05) is 16.6 Å². The lowest BCUT2D eigenvalue weighted by Gasteiger charge is -2.10. The fourth-order valence-electron chi connectivity index (χ4n) is 4.16. The van der Waals surface area contributed by atoms with E-state index in [1.807, 2.05) is 67.6 Å². The number of thiazole rings is 1. The molecule has 184 valence electrons. The van der Waals surface area contributed by atoms with Gasteiger partial charge in [0.15, 0.2) is 5.70 Å². The predicted molar refractivity (Wildman–Crippen MR) is 152 cm³/mol. The van der Waals surface area contributed by atoms with Gasteiger partial charge in [0.1, 0.15) is 10.8 Å². The number of aliphatic hydroxyl groups excluding tert-OH is 1. The van der Waals surface area contributed by atoms with Crippen LogP contribution in [0.3, 0.4) is 0 Å². The van der Waals surface area contributed by atoms with E-state index in [0.717, 1.165) is 32.4 Å². The third kappa shape index (κ3) is 4.86. The molecule has 0 atom stereocenters. The number of benzene rings is 4. The van der Waals surface area contributed by atoms with Crippen LogP contribution < -0.4 is 5.32 Å². The highest BCUT2D eigenvalue weighted by Gasteiger charge is 2.15. The lowest BCUT2D eigenvalue weighted by atomic mass is 10.0. The summed E-state index contributed by atoms with van der Waals surface area (Å²) in [5.74, 6) is -0.746. The number of aryl methyl sites for hydroxylation is 3. The molecule has 0 fully saturated rings. The Hall–Kier alpha value is -4.36. The minimum Gasteiger partial charge on any atom is -0.510 e. The Labute approximate surface area is 219 Å². The summed E-state index contributed by atoms with van der Waals surface area (Å²) >= 11 is 1.67. The fourth-order valence-corrected chi connectivity index (χ4v) is 5.29. The van der Waals surface area contributed by atoms with Crippen LogP contribution in [0.5, 0.6) is 0 Å². The molecule has 1 amide bonds. The summed E-state index contributed by atoms with van der Waals surface area (Å²) in [4.78, 5) is 17.8. The summed E-state index contributed by atoms with van der Waals surface area (Å²) < 4.78 is 1.19. The van der Waals surface area contributed by atoms with Crippen molar-refractivity contribution in [1.82, 2.24) is 4.98 Å². The Morgan fingerprint density at radius 2 is 1.62 bits per heavy atom. The molecule has 37 heavy (non-hydrogen) atoms. The van der Waals surface area contributed by atoms with Crippen molar-refractivity contribution in [1.29, 1.82) is 0 Å². The number of carbonyl (C=O) groups is 1. The lowest BCUT2D eigenvalue weighted by molar-refractivity contribution is -0.113. The molecule has 0 radical (unpaired) electrons. The summed E-state index contributed by atoms with van der Waals surface area (Å²) in [5, 5.41) is 24.2. The zero-order valence-electron chi connectivity index (χ0n) is 21.0. The maximum Gasteiger partial charge on any atom is 0.279 e. The summed E-state index contributed by atoms with van der Waals surface area (Å²) in [6, 6.07) is 23.3. The summed E-state index contributed by atoms with van der Waals surface area (Å²) in [6.45, 7) is 7.67. The molecule has 6 nitrogen and oxygen atoms in total. The van der Waals surface area contributed by atoms with E-state index in [0.29, 0.717) is 11.4 Å². The highest BCUT2D eigenvalue weighted by Crippen LogP contribution is 2.34. The average Bonchev–Trinajstić information content (AvgIpc) is 3.32. The number of aliphatic hydroxyl groups is 1. The summed E-state index contributed by atoms with van der Waals surface area (Å²) in [7, 11) is 0. The maximum atomic E-state index is 13.0. The van der Waals surface area contributed by atoms with E-state index >= 15 is 0 Å². The van der Waals surface area contributed by atoms with E-state index < -0.39 is 5.91 Å². The quantitative estimate of drug-likeness (QED) is 0.142. The van der Waals surface area contributed by atoms with Gasteiger partial charge in [-0.1, -0.05) is 36.4 Å². The third-order valence-electron chi connectivity index (χ3n) is 6.40. The van der Waals surface area contributed by atoms with Gasteiger partial charge in [0.2, 0.25) is 0 Å². The maximum absolute atomic E-state index is 13.0. The van der Waals surface area contributed by atoms with Crippen LogP contribution in [0.1, 0.15) is 23.6 Å². The highest BCUT2D eigenvalue weighted by molar-refractivity contribution is 7.21. The molecule has 1 aromatic heterocycles. The predicted octanol–water partition coefficient (Wildman–Crippen LogP) is 8.55. The van der Waals surface area contributed by atoms with E-state index in [4.69, 9.17) is 4.98 Å². The van der Waals surface area contributed by atoms with E-state index in [2.05, 4.69) is 41.5 Å². The van der Waals surface area contributed by atoms with Gasteiger partial charge in [-0.15, -0.1) is 16.5 Å². The number of nitrogens with zero attached hydrogens (tertiary/aromatic N) is 3. The van der Waals surface area contributed by atoms with Gasteiger partial charge in [-0.25, -0.2) is 4.98 Å². The summed E-state index contributed by atoms with van der Waals surface area (Å²) in [6.07, 6.45) is 0. The number of rotatable bonds is 5. The zero-order chi connectivity index (χ0) is 26.1. The number of fused-ring (bicyclic) bond motifs is 2. The molecule has 0 aliphatic carbocycles. The number of anilines is 1. The topological polar surface area (TPSA) is 86.9 Å². The van der Waals surface area contributed by atoms with E-state index in [1.54, 1.807) is 11.3 Å². The number of aromatic nitrogens is 1. The molecule has 5 rings (SSSR count). The Morgan fingerprint density at radius 3 is 2.38 bits per heavy atom. The average molecular weight is 507 g/mol. The molecule has 0 bridgehead atoms. The Balaban J connectivity index is 1.36. The largest absolute Gasteiger partial charge is 0.510 e. The van der Waals surface area contributed by atoms with Crippen molar-refractivity contribution in [2.75, 3.05) is 5.32 Å². The molecule has 4 aromatic carbocycles. The first kappa shape index (κ1) is 24.3. The van der Waals surface area contributed by atoms with Gasteiger partial charge < -0.3 is 10.4 Å². The second-order valence-electron chi connectivity index (χ2n) is 8.99. The molecular formula is C30H26N4O2S. The minimum atomic E-state index is -0.533. The third-order valence-corrected chi connectivity index (χ3v) is 7.64. The SMILES string of the molecule is C/C(O)=C(\N=Nc1ccc(-c2nc3ccc(C)c(C)c3s2)cc1)C(=O)Nc1cccc2c(C)cccc12. The van der Waals surface area contributed by atoms with Gasteiger partial charge in [-0.05, 0) is 86.2 Å². The van der Waals surface area contributed by atoms with Crippen LogP contribution in [-0.4, -0.2) is 16.0 Å². The molecular weight excluding hydrogens is 480 g/mol. The lowest BCUT2D eigenvalue weighted by Crippen LogP contribution is -2.14. The number of hydrogen-bond acceptors (Lipinski definition) is 6. The van der Waals surface area contributed by atoms with Gasteiger partial charge >= 0.3 is 0 Å². The van der Waals surface area contributed by atoms with E-state index in [9.17, 15) is 9.90 Å². The molecule has 5 aromatic rings. The van der Waals surface area contributed by atoms with Crippen molar-refractivity contribution < 1.29 is 9.90 Å². The molecule has 0 aliphatic heterocycles. The fraction of sp³-hybridized carbons (Fsp3) is 0.133. The monoisotopic (exact) mass is 506 g/mol. The van der Waals surface area contributed by atoms with Gasteiger partial charge in [0.05, 0.1) is 15.9 Å². The Kier molecular flexibility index (Phi) is 6.54. The molecule has 0 spiro atoms. The first-order valence-corrected chi connectivity index (χ1v) is 12.7. The van der Waals surface area contributed by atoms with Crippen molar-refractivity contribution in [3.8, 4) is 10.6 Å². The number of hydrogen-bond donors (Lipinski definition) is 2. The van der Waals surface area contributed by atoms with Crippen LogP contribution in [-0.2, 0) is 4.79 Å². The van der Waals surface area contributed by atoms with Crippen LogP contribution in [0.4, 0.5) is 11.4 Å². The van der Waals surface area contributed by atoms with Crippen LogP contribution >= 0.6 is 11.3 Å². The molecule has 0 unspecified atom stereocenters. The number of azo groups is 1. The van der Waals surface area contributed by atoms with Crippen molar-refractivity contribution in [2.45, 2.75) is 27.7 Å². The minimum absolute atomic E-state index is 0.147. The number of allylic oxidation sites excluding steroid dienone is 1. The summed E-state index contributed by atoms with van der Waals surface area (Å²) in [5.41, 5.74) is 6.65. The second kappa shape index (κ2) is 9.95. The van der Waals surface area contributed by atoms with Crippen LogP contribution in [0.15, 0.2) is 94.5 Å². The number of carbonyl (C=O) groups excluding carboxylic acids is 1. The second-order valence-corrected chi connectivity index (χ2v) is 9.98. The normalized spacial score (nSPS) is 12.3. The van der Waals surface area contributed by atoms with Gasteiger partial charge in [-0.3, -0.25) is 4.79 Å². The van der Waals surface area contributed by atoms with Crippen LogP contribution in [0.2, 0.25) is 0 Å². The number of nitrogens with one attached hydrogen (secondary N) is 1. The smallest absolute Gasteiger partial charge is 0.279 e. The highest BCUT2D eigenvalue weighted by atomic mass is 32.1. The molecule has 0 saturated carbocycles. The molecule has 0 aliphatic rings. The molecule has 2 N–H and O–H groups in total. The molecule has 7 heteroatoms. The van der Waals surface area contributed by atoms with Gasteiger partial charge in [-0.2, -0.15) is 5.11 Å².